The molecule has 0 saturated carbocycles. The summed E-state index contributed by atoms with van der Waals surface area (Å²) < 4.78 is 16.6. The second-order valence-corrected chi connectivity index (χ2v) is 7.55. The van der Waals surface area contributed by atoms with Crippen LogP contribution in [0, 0.1) is 0 Å². The summed E-state index contributed by atoms with van der Waals surface area (Å²) in [5, 5.41) is 9.61. The fraction of sp³-hybridized carbons (Fsp3) is 0.609. The Morgan fingerprint density at radius 1 is 1.27 bits per heavy atom. The van der Waals surface area contributed by atoms with E-state index in [-0.39, 0.29) is 18.6 Å². The van der Waals surface area contributed by atoms with Crippen molar-refractivity contribution in [1.82, 2.24) is 4.90 Å². The number of nitrogens with two attached hydrogens (primary N) is 1. The van der Waals surface area contributed by atoms with Crippen molar-refractivity contribution < 1.29 is 24.1 Å². The van der Waals surface area contributed by atoms with Crippen LogP contribution in [-0.4, -0.2) is 55.4 Å². The number of methoxy groups -OCH3 is 1. The number of unbranched alkanes of at least 4 members (excludes halogenated alkanes) is 2. The van der Waals surface area contributed by atoms with Crippen molar-refractivity contribution in [1.29, 1.82) is 0 Å². The molecule has 1 fully saturated rings. The van der Waals surface area contributed by atoms with Gasteiger partial charge in [-0.25, -0.2) is 0 Å². The second-order valence-electron chi connectivity index (χ2n) is 7.55. The lowest BCUT2D eigenvalue weighted by Crippen LogP contribution is -2.45. The van der Waals surface area contributed by atoms with Crippen LogP contribution >= 0.6 is 0 Å². The number of nitrogen functional groups attached to an aromatic ring is 1. The van der Waals surface area contributed by atoms with E-state index in [0.29, 0.717) is 42.5 Å². The number of hydrogen-bond donors (Lipinski definition) is 2. The molecular formula is C23H36N2O5. The molecule has 1 aliphatic rings. The molecule has 0 aliphatic carbocycles. The summed E-state index contributed by atoms with van der Waals surface area (Å²) in [5.41, 5.74) is 6.92. The highest BCUT2D eigenvalue weighted by molar-refractivity contribution is 6.00. The van der Waals surface area contributed by atoms with E-state index < -0.39 is 0 Å². The molecule has 1 heterocycles. The Kier molecular flexibility index (Phi) is 9.80. The lowest BCUT2D eigenvalue weighted by molar-refractivity contribution is 0.0503. The molecule has 2 rings (SSSR count). The van der Waals surface area contributed by atoms with E-state index in [4.69, 9.17) is 19.9 Å². The third-order valence-corrected chi connectivity index (χ3v) is 5.37. The van der Waals surface area contributed by atoms with Crippen molar-refractivity contribution in [3.8, 4) is 11.5 Å². The van der Waals surface area contributed by atoms with E-state index in [1.807, 2.05) is 6.92 Å². The first-order valence-electron chi connectivity index (χ1n) is 10.8. The number of nitrogens with zero attached hydrogens (tertiary/aromatic N) is 1. The number of benzene rings is 1. The summed E-state index contributed by atoms with van der Waals surface area (Å²) in [5.74, 6) is 1.66. The van der Waals surface area contributed by atoms with Gasteiger partial charge < -0.3 is 30.0 Å². The van der Waals surface area contributed by atoms with Crippen molar-refractivity contribution >= 4 is 11.6 Å². The van der Waals surface area contributed by atoms with Crippen molar-refractivity contribution in [3.63, 3.8) is 0 Å². The average Bonchev–Trinajstić information content (AvgIpc) is 2.75. The molecule has 0 spiro atoms. The maximum Gasteiger partial charge on any atom is 0.256 e. The molecule has 1 unspecified atom stereocenters. The van der Waals surface area contributed by atoms with Gasteiger partial charge in [-0.3, -0.25) is 4.79 Å². The molecular weight excluding hydrogens is 384 g/mol. The van der Waals surface area contributed by atoms with E-state index in [1.54, 1.807) is 24.1 Å². The van der Waals surface area contributed by atoms with Crippen LogP contribution in [0.1, 0.15) is 62.2 Å². The Balaban J connectivity index is 1.95. The molecule has 1 amide bonds. The van der Waals surface area contributed by atoms with Gasteiger partial charge in [-0.2, -0.15) is 0 Å². The molecule has 0 aromatic heterocycles. The number of aliphatic hydroxyl groups is 1. The third kappa shape index (κ3) is 6.55. The summed E-state index contributed by atoms with van der Waals surface area (Å²) in [4.78, 5) is 14.7. The minimum absolute atomic E-state index is 0.0398. The van der Waals surface area contributed by atoms with Crippen molar-refractivity contribution in [2.24, 2.45) is 0 Å². The number of amides is 1. The number of allylic oxidation sites excluding steroid dienone is 1. The summed E-state index contributed by atoms with van der Waals surface area (Å²) in [6.45, 7) is 7.60. The van der Waals surface area contributed by atoms with Crippen LogP contribution in [0.25, 0.3) is 0 Å². The minimum Gasteiger partial charge on any atom is -0.499 e. The Bertz CT molecular complexity index is 707. The second kappa shape index (κ2) is 12.3. The lowest BCUT2D eigenvalue weighted by Gasteiger charge is -2.35. The molecule has 1 saturated heterocycles. The molecule has 1 aromatic rings. The van der Waals surface area contributed by atoms with E-state index in [1.165, 1.54) is 0 Å². The van der Waals surface area contributed by atoms with Crippen LogP contribution < -0.4 is 15.2 Å². The molecule has 30 heavy (non-hydrogen) atoms. The van der Waals surface area contributed by atoms with Crippen molar-refractivity contribution in [3.05, 3.63) is 30.0 Å². The highest BCUT2D eigenvalue weighted by Crippen LogP contribution is 2.34. The number of anilines is 1. The Labute approximate surface area is 179 Å². The monoisotopic (exact) mass is 420 g/mol. The number of carbonyl (C=O) groups excluding carboxylic acids is 1. The summed E-state index contributed by atoms with van der Waals surface area (Å²) in [6.07, 6.45) is 6.48. The number of aliphatic hydroxyl groups excluding tert-OH is 1. The quantitative estimate of drug-likeness (QED) is 0.304. The van der Waals surface area contributed by atoms with Gasteiger partial charge in [-0.1, -0.05) is 6.58 Å². The topological polar surface area (TPSA) is 94.3 Å². The summed E-state index contributed by atoms with van der Waals surface area (Å²) in [6, 6.07) is 3.13. The fourth-order valence-electron chi connectivity index (χ4n) is 3.71. The van der Waals surface area contributed by atoms with E-state index >= 15 is 0 Å². The molecule has 7 heteroatoms. The van der Waals surface area contributed by atoms with E-state index in [0.717, 1.165) is 50.7 Å². The average molecular weight is 421 g/mol. The fourth-order valence-corrected chi connectivity index (χ4v) is 3.71. The number of carbonyl (C=O) groups is 1. The third-order valence-electron chi connectivity index (χ3n) is 5.37. The molecule has 0 radical (unpaired) electrons. The highest BCUT2D eigenvalue weighted by atomic mass is 16.5. The van der Waals surface area contributed by atoms with Crippen LogP contribution in [0.3, 0.4) is 0 Å². The zero-order chi connectivity index (χ0) is 21.9. The molecule has 1 atom stereocenters. The highest BCUT2D eigenvalue weighted by Gasteiger charge is 2.28. The van der Waals surface area contributed by atoms with Gasteiger partial charge in [0.05, 0.1) is 44.3 Å². The van der Waals surface area contributed by atoms with Gasteiger partial charge in [0, 0.05) is 24.7 Å². The van der Waals surface area contributed by atoms with Gasteiger partial charge in [-0.05, 0) is 51.5 Å². The van der Waals surface area contributed by atoms with Crippen LogP contribution in [-0.2, 0) is 4.74 Å². The Morgan fingerprint density at radius 3 is 2.77 bits per heavy atom. The molecule has 0 bridgehead atoms. The Morgan fingerprint density at radius 2 is 2.07 bits per heavy atom. The van der Waals surface area contributed by atoms with Crippen LogP contribution in [0.5, 0.6) is 11.5 Å². The number of ether oxygens (including phenoxy) is 3. The predicted octanol–water partition coefficient (Wildman–Crippen LogP) is 3.75. The number of rotatable bonds is 12. The first kappa shape index (κ1) is 23.9. The first-order valence-corrected chi connectivity index (χ1v) is 10.8. The smallest absolute Gasteiger partial charge is 0.256 e. The zero-order valence-corrected chi connectivity index (χ0v) is 18.3. The van der Waals surface area contributed by atoms with Crippen LogP contribution in [0.15, 0.2) is 24.5 Å². The van der Waals surface area contributed by atoms with Crippen molar-refractivity contribution in [2.45, 2.75) is 57.9 Å². The largest absolute Gasteiger partial charge is 0.499 e. The molecule has 1 aromatic carbocycles. The predicted molar refractivity (Wildman–Crippen MR) is 118 cm³/mol. The van der Waals surface area contributed by atoms with Gasteiger partial charge >= 0.3 is 0 Å². The maximum absolute atomic E-state index is 13.0. The van der Waals surface area contributed by atoms with Gasteiger partial charge in [0.15, 0.2) is 11.5 Å². The lowest BCUT2D eigenvalue weighted by atomic mass is 10.0. The number of hydrogen-bond acceptors (Lipinski definition) is 6. The summed E-state index contributed by atoms with van der Waals surface area (Å²) >= 11 is 0. The van der Waals surface area contributed by atoms with Crippen LogP contribution in [0.4, 0.5) is 5.69 Å². The minimum atomic E-state index is -0.175. The normalized spacial score (nSPS) is 16.2. The molecule has 1 aliphatic heterocycles. The Hall–Kier alpha value is -2.41. The van der Waals surface area contributed by atoms with E-state index in [9.17, 15) is 9.90 Å². The van der Waals surface area contributed by atoms with Crippen LogP contribution in [0.2, 0.25) is 0 Å². The maximum atomic E-state index is 13.0. The number of likely N-dealkylation sites (tertiary alicyclic amines) is 1. The standard InChI is InChI=1S/C23H36N2O5/c1-4-29-17(2)10-6-5-9-13-30-22-15-20(24)19(14-21(22)28-3)23(27)25-12-8-7-11-18(25)16-26/h14-15,18,26H,2,4-13,16,24H2,1,3H3. The van der Waals surface area contributed by atoms with Crippen molar-refractivity contribution in [2.75, 3.05) is 39.2 Å². The SMILES string of the molecule is C=C(CCCCCOc1cc(N)c(C(=O)N2CCCCC2CO)cc1OC)OCC. The van der Waals surface area contributed by atoms with E-state index in [2.05, 4.69) is 6.58 Å². The van der Waals surface area contributed by atoms with Gasteiger partial charge in [-0.15, -0.1) is 0 Å². The van der Waals surface area contributed by atoms with Gasteiger partial charge in [0.1, 0.15) is 0 Å². The summed E-state index contributed by atoms with van der Waals surface area (Å²) in [7, 11) is 1.55. The van der Waals surface area contributed by atoms with Gasteiger partial charge in [0.2, 0.25) is 0 Å². The zero-order valence-electron chi connectivity index (χ0n) is 18.3. The van der Waals surface area contributed by atoms with Gasteiger partial charge in [0.25, 0.3) is 5.91 Å². The number of piperidine rings is 1. The molecule has 3 N–H and O–H groups in total. The molecule has 168 valence electrons. The first-order chi connectivity index (χ1) is 14.5. The molecule has 7 nitrogen and oxygen atoms in total.